The smallest absolute Gasteiger partial charge is 0.274 e. The number of aromatic amines is 1. The van der Waals surface area contributed by atoms with Crippen LogP contribution in [-0.2, 0) is 0 Å². The van der Waals surface area contributed by atoms with Crippen molar-refractivity contribution >= 4 is 22.6 Å². The Morgan fingerprint density at radius 1 is 1.00 bits per heavy atom. The molecule has 0 fully saturated rings. The maximum atomic E-state index is 12.8. The summed E-state index contributed by atoms with van der Waals surface area (Å²) in [7, 11) is 1.49. The number of fused-ring (bicyclic) bond motifs is 1. The van der Waals surface area contributed by atoms with Gasteiger partial charge in [0.1, 0.15) is 5.69 Å². The molecule has 8 nitrogen and oxygen atoms in total. The van der Waals surface area contributed by atoms with Gasteiger partial charge in [0.15, 0.2) is 17.2 Å². The van der Waals surface area contributed by atoms with E-state index in [0.29, 0.717) is 16.7 Å². The lowest BCUT2D eigenvalue weighted by Gasteiger charge is -2.17. The van der Waals surface area contributed by atoms with E-state index in [4.69, 9.17) is 0 Å². The minimum atomic E-state index is -0.636. The second-order valence-corrected chi connectivity index (χ2v) is 6.24. The van der Waals surface area contributed by atoms with Crippen LogP contribution in [0.1, 0.15) is 10.5 Å². The van der Waals surface area contributed by atoms with Crippen molar-refractivity contribution in [2.75, 3.05) is 11.9 Å². The van der Waals surface area contributed by atoms with Crippen molar-refractivity contribution < 1.29 is 20.1 Å². The summed E-state index contributed by atoms with van der Waals surface area (Å²) in [4.78, 5) is 25.6. The van der Waals surface area contributed by atoms with Crippen LogP contribution in [0.15, 0.2) is 54.9 Å². The first-order valence-corrected chi connectivity index (χ1v) is 8.37. The number of carbonyl (C=O) groups is 1. The molecule has 3 heterocycles. The second-order valence-electron chi connectivity index (χ2n) is 6.24. The molecule has 0 aliphatic carbocycles. The molecule has 1 amide bonds. The van der Waals surface area contributed by atoms with Gasteiger partial charge in [-0.3, -0.25) is 9.78 Å². The summed E-state index contributed by atoms with van der Waals surface area (Å²) >= 11 is 0. The van der Waals surface area contributed by atoms with Crippen LogP contribution in [0.3, 0.4) is 0 Å². The van der Waals surface area contributed by atoms with Gasteiger partial charge >= 0.3 is 0 Å². The maximum Gasteiger partial charge on any atom is 0.274 e. The first kappa shape index (κ1) is 17.3. The topological polar surface area (TPSA) is 123 Å². The van der Waals surface area contributed by atoms with Crippen molar-refractivity contribution in [2.24, 2.45) is 0 Å². The number of phenols is 3. The predicted molar refractivity (Wildman–Crippen MR) is 103 cm³/mol. The number of anilines is 1. The standard InChI is InChI=1S/C20H16N4O4/c1-24(12-8-17(25)19(27)18(26)9-12)20(28)16-10-15-14(23-16)3-2-13(22-15)11-4-6-21-7-5-11/h2-10,23,25-27H,1H3. The first-order valence-electron chi connectivity index (χ1n) is 8.37. The Balaban J connectivity index is 1.68. The Labute approximate surface area is 159 Å². The number of hydrogen-bond donors (Lipinski definition) is 4. The summed E-state index contributed by atoms with van der Waals surface area (Å²) in [6, 6.07) is 11.4. The van der Waals surface area contributed by atoms with Crippen molar-refractivity contribution in [3.05, 3.63) is 60.6 Å². The van der Waals surface area contributed by atoms with E-state index in [2.05, 4.69) is 15.0 Å². The highest BCUT2D eigenvalue weighted by Gasteiger charge is 2.19. The number of aromatic nitrogens is 3. The van der Waals surface area contributed by atoms with Crippen LogP contribution in [0.5, 0.6) is 17.2 Å². The molecule has 0 aliphatic heterocycles. The number of H-pyrrole nitrogens is 1. The second kappa shape index (κ2) is 6.58. The van der Waals surface area contributed by atoms with Crippen molar-refractivity contribution in [3.63, 3.8) is 0 Å². The molecule has 0 saturated heterocycles. The Morgan fingerprint density at radius 2 is 1.68 bits per heavy atom. The van der Waals surface area contributed by atoms with Crippen molar-refractivity contribution in [1.29, 1.82) is 0 Å². The van der Waals surface area contributed by atoms with Gasteiger partial charge in [0.2, 0.25) is 0 Å². The Kier molecular flexibility index (Phi) is 4.08. The van der Waals surface area contributed by atoms with Crippen LogP contribution >= 0.6 is 0 Å². The third-order valence-electron chi connectivity index (χ3n) is 4.43. The van der Waals surface area contributed by atoms with Crippen LogP contribution in [0.4, 0.5) is 5.69 Å². The minimum Gasteiger partial charge on any atom is -0.504 e. The summed E-state index contributed by atoms with van der Waals surface area (Å²) in [6.45, 7) is 0. The normalized spacial score (nSPS) is 10.9. The van der Waals surface area contributed by atoms with Gasteiger partial charge in [0, 0.05) is 37.1 Å². The van der Waals surface area contributed by atoms with Crippen LogP contribution in [0.25, 0.3) is 22.3 Å². The molecular formula is C20H16N4O4. The number of benzene rings is 1. The molecule has 0 spiro atoms. The molecule has 4 N–H and O–H groups in total. The van der Waals surface area contributed by atoms with E-state index in [1.807, 2.05) is 24.3 Å². The van der Waals surface area contributed by atoms with E-state index in [1.54, 1.807) is 18.5 Å². The number of nitrogens with one attached hydrogen (secondary N) is 1. The molecule has 0 aliphatic rings. The zero-order valence-electron chi connectivity index (χ0n) is 14.8. The van der Waals surface area contributed by atoms with Crippen LogP contribution in [-0.4, -0.2) is 43.2 Å². The molecule has 4 aromatic rings. The third-order valence-corrected chi connectivity index (χ3v) is 4.43. The Hall–Kier alpha value is -4.07. The lowest BCUT2D eigenvalue weighted by Crippen LogP contribution is -2.26. The molecule has 140 valence electrons. The summed E-state index contributed by atoms with van der Waals surface area (Å²) in [6.07, 6.45) is 3.37. The Morgan fingerprint density at radius 3 is 2.36 bits per heavy atom. The summed E-state index contributed by atoms with van der Waals surface area (Å²) < 4.78 is 0. The molecule has 8 heteroatoms. The van der Waals surface area contributed by atoms with E-state index in [9.17, 15) is 20.1 Å². The molecule has 0 bridgehead atoms. The molecule has 0 radical (unpaired) electrons. The summed E-state index contributed by atoms with van der Waals surface area (Å²) in [5.41, 5.74) is 3.52. The first-order chi connectivity index (χ1) is 13.4. The number of amides is 1. The van der Waals surface area contributed by atoms with Gasteiger partial charge in [-0.1, -0.05) is 0 Å². The lowest BCUT2D eigenvalue weighted by molar-refractivity contribution is 0.0989. The van der Waals surface area contributed by atoms with Gasteiger partial charge in [-0.15, -0.1) is 0 Å². The van der Waals surface area contributed by atoms with Gasteiger partial charge < -0.3 is 25.2 Å². The van der Waals surface area contributed by atoms with E-state index >= 15 is 0 Å². The van der Waals surface area contributed by atoms with E-state index in [-0.39, 0.29) is 5.69 Å². The van der Waals surface area contributed by atoms with Crippen LogP contribution < -0.4 is 4.90 Å². The van der Waals surface area contributed by atoms with Gasteiger partial charge in [0.25, 0.3) is 5.91 Å². The number of hydrogen-bond acceptors (Lipinski definition) is 6. The third kappa shape index (κ3) is 2.96. The fourth-order valence-electron chi connectivity index (χ4n) is 2.89. The molecule has 1 aromatic carbocycles. The SMILES string of the molecule is CN(C(=O)c1cc2nc(-c3ccncc3)ccc2[nH]1)c1cc(O)c(O)c(O)c1. The fourth-order valence-corrected chi connectivity index (χ4v) is 2.89. The van der Waals surface area contributed by atoms with E-state index in [0.717, 1.165) is 11.3 Å². The molecule has 0 unspecified atom stereocenters. The molecule has 4 rings (SSSR count). The van der Waals surface area contributed by atoms with Crippen LogP contribution in [0, 0.1) is 0 Å². The summed E-state index contributed by atoms with van der Waals surface area (Å²) in [5, 5.41) is 28.8. The van der Waals surface area contributed by atoms with Gasteiger partial charge in [-0.2, -0.15) is 0 Å². The van der Waals surface area contributed by atoms with Crippen LogP contribution in [0.2, 0.25) is 0 Å². The number of nitrogens with zero attached hydrogens (tertiary/aromatic N) is 3. The lowest BCUT2D eigenvalue weighted by atomic mass is 10.2. The number of pyridine rings is 2. The number of aromatic hydroxyl groups is 3. The zero-order chi connectivity index (χ0) is 19.8. The van der Waals surface area contributed by atoms with E-state index < -0.39 is 23.2 Å². The highest BCUT2D eigenvalue weighted by Crippen LogP contribution is 2.38. The van der Waals surface area contributed by atoms with E-state index in [1.165, 1.54) is 24.1 Å². The van der Waals surface area contributed by atoms with Crippen molar-refractivity contribution in [1.82, 2.24) is 15.0 Å². The monoisotopic (exact) mass is 376 g/mol. The zero-order valence-corrected chi connectivity index (χ0v) is 14.8. The minimum absolute atomic E-state index is 0.224. The van der Waals surface area contributed by atoms with Crippen molar-refractivity contribution in [2.45, 2.75) is 0 Å². The number of rotatable bonds is 3. The largest absolute Gasteiger partial charge is 0.504 e. The molecule has 0 atom stereocenters. The number of carbonyl (C=O) groups excluding carboxylic acids is 1. The fraction of sp³-hybridized carbons (Fsp3) is 0.0500. The average Bonchev–Trinajstić information content (AvgIpc) is 3.14. The van der Waals surface area contributed by atoms with Gasteiger partial charge in [-0.25, -0.2) is 4.98 Å². The summed E-state index contributed by atoms with van der Waals surface area (Å²) in [5.74, 6) is -2.07. The molecule has 3 aromatic heterocycles. The highest BCUT2D eigenvalue weighted by molar-refractivity contribution is 6.07. The Bertz CT molecular complexity index is 1160. The molecule has 28 heavy (non-hydrogen) atoms. The van der Waals surface area contributed by atoms with Gasteiger partial charge in [-0.05, 0) is 30.3 Å². The molecular weight excluding hydrogens is 360 g/mol. The average molecular weight is 376 g/mol. The maximum absolute atomic E-state index is 12.8. The predicted octanol–water partition coefficient (Wildman–Crippen LogP) is 3.02. The van der Waals surface area contributed by atoms with Gasteiger partial charge in [0.05, 0.1) is 22.4 Å². The highest BCUT2D eigenvalue weighted by atomic mass is 16.3. The molecule has 0 saturated carbocycles. The number of phenolic OH excluding ortho intramolecular Hbond substituents is 3. The quantitative estimate of drug-likeness (QED) is 0.408. The van der Waals surface area contributed by atoms with Crippen molar-refractivity contribution in [3.8, 4) is 28.5 Å².